The predicted molar refractivity (Wildman–Crippen MR) is 113 cm³/mol. The van der Waals surface area contributed by atoms with E-state index in [1.807, 2.05) is 29.0 Å². The summed E-state index contributed by atoms with van der Waals surface area (Å²) < 4.78 is 1.99. The van der Waals surface area contributed by atoms with E-state index in [4.69, 9.17) is 4.98 Å². The lowest BCUT2D eigenvalue weighted by molar-refractivity contribution is -0.132. The third kappa shape index (κ3) is 3.00. The fourth-order valence-electron chi connectivity index (χ4n) is 5.38. The summed E-state index contributed by atoms with van der Waals surface area (Å²) in [7, 11) is 1.87. The maximum absolute atomic E-state index is 12.6. The van der Waals surface area contributed by atoms with Crippen molar-refractivity contribution in [2.45, 2.75) is 62.8 Å². The number of aliphatic hydroxyl groups is 1. The van der Waals surface area contributed by atoms with E-state index in [-0.39, 0.29) is 24.1 Å². The van der Waals surface area contributed by atoms with Crippen LogP contribution in [0.25, 0.3) is 22.3 Å². The molecule has 0 radical (unpaired) electrons. The van der Waals surface area contributed by atoms with Gasteiger partial charge in [-0.2, -0.15) is 10.2 Å². The third-order valence-electron chi connectivity index (χ3n) is 7.08. The van der Waals surface area contributed by atoms with Crippen molar-refractivity contribution in [1.82, 2.24) is 34.8 Å². The Morgan fingerprint density at radius 1 is 1.10 bits per heavy atom. The summed E-state index contributed by atoms with van der Waals surface area (Å²) in [6.07, 6.45) is 10.7. The van der Waals surface area contributed by atoms with Gasteiger partial charge >= 0.3 is 0 Å². The van der Waals surface area contributed by atoms with Crippen LogP contribution in [0.1, 0.15) is 44.6 Å². The number of piperazine rings is 1. The molecule has 5 heterocycles. The van der Waals surface area contributed by atoms with Gasteiger partial charge in [-0.3, -0.25) is 14.6 Å². The van der Waals surface area contributed by atoms with E-state index < -0.39 is 0 Å². The number of fused-ring (bicyclic) bond motifs is 3. The van der Waals surface area contributed by atoms with Crippen molar-refractivity contribution in [3.05, 3.63) is 18.6 Å². The van der Waals surface area contributed by atoms with Gasteiger partial charge < -0.3 is 14.9 Å². The zero-order valence-corrected chi connectivity index (χ0v) is 17.5. The first kappa shape index (κ1) is 18.7. The predicted octanol–water partition coefficient (Wildman–Crippen LogP) is 1.50. The molecule has 3 aromatic rings. The van der Waals surface area contributed by atoms with Gasteiger partial charge in [0.15, 0.2) is 0 Å². The molecule has 2 bridgehead atoms. The van der Waals surface area contributed by atoms with E-state index in [2.05, 4.69) is 25.2 Å². The summed E-state index contributed by atoms with van der Waals surface area (Å²) in [4.78, 5) is 25.9. The molecule has 2 atom stereocenters. The number of likely N-dealkylation sites (N-methyl/N-ethyl adjacent to an activating group) is 1. The highest BCUT2D eigenvalue weighted by molar-refractivity contribution is 5.91. The summed E-state index contributed by atoms with van der Waals surface area (Å²) in [6.45, 7) is 0.706. The molecular weight excluding hydrogens is 396 g/mol. The molecule has 162 valence electrons. The topological polar surface area (TPSA) is 116 Å². The fraction of sp³-hybridized carbons (Fsp3) is 0.571. The highest BCUT2D eigenvalue weighted by atomic mass is 16.3. The number of aromatic amines is 1. The van der Waals surface area contributed by atoms with Crippen LogP contribution in [0.3, 0.4) is 0 Å². The van der Waals surface area contributed by atoms with Crippen LogP contribution in [-0.4, -0.2) is 77.6 Å². The zero-order chi connectivity index (χ0) is 21.1. The Hall–Kier alpha value is -3.01. The maximum atomic E-state index is 12.6. The van der Waals surface area contributed by atoms with Gasteiger partial charge in [0.1, 0.15) is 22.8 Å². The smallest absolute Gasteiger partial charge is 0.245 e. The number of likely N-dealkylation sites (tertiary alicyclic amines) is 1. The number of aromatic nitrogens is 6. The summed E-state index contributed by atoms with van der Waals surface area (Å²) >= 11 is 0. The fourth-order valence-corrected chi connectivity index (χ4v) is 5.38. The van der Waals surface area contributed by atoms with Gasteiger partial charge in [0.25, 0.3) is 0 Å². The van der Waals surface area contributed by atoms with Gasteiger partial charge in [0.05, 0.1) is 30.6 Å². The van der Waals surface area contributed by atoms with Gasteiger partial charge in [-0.1, -0.05) is 0 Å². The van der Waals surface area contributed by atoms with Crippen molar-refractivity contribution in [2.24, 2.45) is 0 Å². The number of aliphatic hydroxyl groups excluding tert-OH is 1. The Morgan fingerprint density at radius 2 is 1.90 bits per heavy atom. The van der Waals surface area contributed by atoms with Gasteiger partial charge in [-0.25, -0.2) is 9.97 Å². The van der Waals surface area contributed by atoms with E-state index in [0.29, 0.717) is 18.5 Å². The largest absolute Gasteiger partial charge is 0.393 e. The van der Waals surface area contributed by atoms with Gasteiger partial charge in [0.2, 0.25) is 11.9 Å². The molecule has 2 N–H and O–H groups in total. The number of H-pyrrole nitrogens is 1. The number of nitrogens with one attached hydrogen (secondary N) is 1. The number of amides is 1. The highest BCUT2D eigenvalue weighted by Gasteiger charge is 2.45. The van der Waals surface area contributed by atoms with Crippen molar-refractivity contribution < 1.29 is 9.90 Å². The standard InChI is InChI=1S/C21H26N8O2/c1-27-11-14-4-7-17(20(27)31)29(14)21-22-9-16-19(24-21)18(26-25-16)12-8-23-28(10-12)13-2-5-15(30)6-3-13/h8-10,13-15,17,30H,2-7,11H2,1H3,(H,25,26)/t13-,14?,15-,17?. The van der Waals surface area contributed by atoms with Crippen LogP contribution in [0.15, 0.2) is 18.6 Å². The van der Waals surface area contributed by atoms with E-state index in [1.165, 1.54) is 0 Å². The Balaban J connectivity index is 1.33. The Morgan fingerprint density at radius 3 is 2.74 bits per heavy atom. The molecule has 0 spiro atoms. The molecule has 2 aliphatic heterocycles. The quantitative estimate of drug-likeness (QED) is 0.657. The molecule has 1 amide bonds. The lowest BCUT2D eigenvalue weighted by Crippen LogP contribution is -2.56. The van der Waals surface area contributed by atoms with Gasteiger partial charge in [-0.05, 0) is 38.5 Å². The molecule has 31 heavy (non-hydrogen) atoms. The molecule has 1 aliphatic carbocycles. The lowest BCUT2D eigenvalue weighted by atomic mass is 9.93. The number of hydrogen-bond donors (Lipinski definition) is 2. The Labute approximate surface area is 179 Å². The van der Waals surface area contributed by atoms with Crippen LogP contribution in [0, 0.1) is 0 Å². The van der Waals surface area contributed by atoms with Gasteiger partial charge in [-0.15, -0.1) is 0 Å². The summed E-state index contributed by atoms with van der Waals surface area (Å²) in [5.41, 5.74) is 3.16. The molecular formula is C21H26N8O2. The second kappa shape index (κ2) is 7.01. The molecule has 2 saturated heterocycles. The minimum Gasteiger partial charge on any atom is -0.393 e. The summed E-state index contributed by atoms with van der Waals surface area (Å²) in [6, 6.07) is 0.380. The van der Waals surface area contributed by atoms with Crippen LogP contribution >= 0.6 is 0 Å². The SMILES string of the molecule is CN1CC2CCC(C1=O)N2c1ncc2[nH]nc(-c3cnn([C@H]4CC[C@H](O)CC4)c3)c2n1. The molecule has 6 rings (SSSR count). The number of anilines is 1. The molecule has 3 fully saturated rings. The van der Waals surface area contributed by atoms with Crippen molar-refractivity contribution in [3.8, 4) is 11.3 Å². The molecule has 3 aromatic heterocycles. The molecule has 10 heteroatoms. The van der Waals surface area contributed by atoms with Crippen molar-refractivity contribution >= 4 is 22.9 Å². The van der Waals surface area contributed by atoms with Crippen LogP contribution in [0.2, 0.25) is 0 Å². The first-order valence-corrected chi connectivity index (χ1v) is 11.1. The number of rotatable bonds is 3. The van der Waals surface area contributed by atoms with E-state index in [0.717, 1.165) is 60.8 Å². The molecule has 0 aromatic carbocycles. The first-order chi connectivity index (χ1) is 15.1. The zero-order valence-electron chi connectivity index (χ0n) is 17.5. The Bertz CT molecular complexity index is 1130. The molecule has 10 nitrogen and oxygen atoms in total. The second-order valence-electron chi connectivity index (χ2n) is 9.05. The lowest BCUT2D eigenvalue weighted by Gasteiger charge is -2.38. The van der Waals surface area contributed by atoms with E-state index >= 15 is 0 Å². The van der Waals surface area contributed by atoms with E-state index in [1.54, 1.807) is 6.20 Å². The second-order valence-corrected chi connectivity index (χ2v) is 9.05. The number of hydrogen-bond acceptors (Lipinski definition) is 7. The monoisotopic (exact) mass is 422 g/mol. The molecule has 3 aliphatic rings. The number of carbonyl (C=O) groups excluding carboxylic acids is 1. The highest BCUT2D eigenvalue weighted by Crippen LogP contribution is 2.35. The van der Waals surface area contributed by atoms with Crippen molar-refractivity contribution in [2.75, 3.05) is 18.5 Å². The normalized spacial score (nSPS) is 28.6. The summed E-state index contributed by atoms with van der Waals surface area (Å²) in [5, 5.41) is 21.9. The maximum Gasteiger partial charge on any atom is 0.245 e. The van der Waals surface area contributed by atoms with Crippen LogP contribution < -0.4 is 4.90 Å². The van der Waals surface area contributed by atoms with Crippen LogP contribution in [0.4, 0.5) is 5.95 Å². The number of carbonyl (C=O) groups is 1. The summed E-state index contributed by atoms with van der Waals surface area (Å²) in [5.74, 6) is 0.738. The number of nitrogens with zero attached hydrogens (tertiary/aromatic N) is 7. The molecule has 1 saturated carbocycles. The average Bonchev–Trinajstić information content (AvgIpc) is 3.49. The van der Waals surface area contributed by atoms with Crippen molar-refractivity contribution in [1.29, 1.82) is 0 Å². The van der Waals surface area contributed by atoms with Crippen LogP contribution in [0.5, 0.6) is 0 Å². The van der Waals surface area contributed by atoms with Crippen molar-refractivity contribution in [3.63, 3.8) is 0 Å². The Kier molecular flexibility index (Phi) is 4.24. The average molecular weight is 422 g/mol. The molecule has 2 unspecified atom stereocenters. The van der Waals surface area contributed by atoms with E-state index in [9.17, 15) is 9.90 Å². The van der Waals surface area contributed by atoms with Crippen LogP contribution in [-0.2, 0) is 4.79 Å². The van der Waals surface area contributed by atoms with Gasteiger partial charge in [0, 0.05) is 25.4 Å². The third-order valence-corrected chi connectivity index (χ3v) is 7.08. The first-order valence-electron chi connectivity index (χ1n) is 11.1. The minimum atomic E-state index is -0.187. The minimum absolute atomic E-state index is 0.142.